The number of rotatable bonds is 5. The summed E-state index contributed by atoms with van der Waals surface area (Å²) >= 11 is 0. The molecule has 0 aromatic carbocycles. The summed E-state index contributed by atoms with van der Waals surface area (Å²) in [7, 11) is 0. The van der Waals surface area contributed by atoms with Crippen molar-refractivity contribution in [3.05, 3.63) is 37.8 Å². The Kier molecular flexibility index (Phi) is 4.40. The first-order valence-corrected chi connectivity index (χ1v) is 2.98. The van der Waals surface area contributed by atoms with Crippen molar-refractivity contribution in [3.63, 3.8) is 0 Å². The van der Waals surface area contributed by atoms with Crippen LogP contribution in [0, 0.1) is 0 Å². The van der Waals surface area contributed by atoms with Crippen molar-refractivity contribution >= 4 is 12.9 Å². The summed E-state index contributed by atoms with van der Waals surface area (Å²) in [4.78, 5) is 3.87. The molecule has 0 radical (unpaired) electrons. The zero-order valence-corrected chi connectivity index (χ0v) is 6.40. The molecule has 0 atom stereocenters. The third-order valence-electron chi connectivity index (χ3n) is 0.919. The molecule has 0 spiro atoms. The van der Waals surface area contributed by atoms with Gasteiger partial charge in [-0.25, -0.2) is 10.0 Å². The lowest BCUT2D eigenvalue weighted by Crippen LogP contribution is -2.04. The largest absolute Gasteiger partial charge is 0.238 e. The summed E-state index contributed by atoms with van der Waals surface area (Å²) in [6.45, 7) is 13.9. The molecule has 0 aliphatic carbocycles. The first-order valence-electron chi connectivity index (χ1n) is 2.98. The second-order valence-electron chi connectivity index (χ2n) is 1.60. The van der Waals surface area contributed by atoms with Gasteiger partial charge in [0.2, 0.25) is 0 Å². The molecule has 11 heavy (non-hydrogen) atoms. The predicted molar refractivity (Wildman–Crippen MR) is 49.4 cm³/mol. The van der Waals surface area contributed by atoms with Crippen molar-refractivity contribution in [1.29, 1.82) is 0 Å². The van der Waals surface area contributed by atoms with Crippen LogP contribution in [0.3, 0.4) is 0 Å². The van der Waals surface area contributed by atoms with Crippen molar-refractivity contribution in [2.24, 2.45) is 10.1 Å². The van der Waals surface area contributed by atoms with Crippen molar-refractivity contribution in [1.82, 2.24) is 5.01 Å². The Balaban J connectivity index is 4.20. The summed E-state index contributed by atoms with van der Waals surface area (Å²) in [5.41, 5.74) is 0. The zero-order chi connectivity index (χ0) is 8.69. The molecule has 0 rings (SSSR count). The molecule has 0 saturated carbocycles. The highest BCUT2D eigenvalue weighted by molar-refractivity contribution is 5.71. The van der Waals surface area contributed by atoms with Gasteiger partial charge in [0.25, 0.3) is 0 Å². The summed E-state index contributed by atoms with van der Waals surface area (Å²) < 4.78 is 0. The van der Waals surface area contributed by atoms with Crippen LogP contribution in [0.5, 0.6) is 0 Å². The molecule has 3 heteroatoms. The standard InChI is InChI=1S/C8H11N3/c1-5-7-10-8(3)11(6-2)9-4/h5-7H,1-4H2. The minimum atomic E-state index is 0.454. The van der Waals surface area contributed by atoms with Gasteiger partial charge in [0.1, 0.15) is 5.82 Å². The van der Waals surface area contributed by atoms with Crippen LogP contribution < -0.4 is 0 Å². The van der Waals surface area contributed by atoms with E-state index in [4.69, 9.17) is 0 Å². The predicted octanol–water partition coefficient (Wildman–Crippen LogP) is 1.78. The zero-order valence-electron chi connectivity index (χ0n) is 6.40. The van der Waals surface area contributed by atoms with Crippen LogP contribution in [0.15, 0.2) is 47.9 Å². The third kappa shape index (κ3) is 3.15. The Morgan fingerprint density at radius 1 is 1.36 bits per heavy atom. The topological polar surface area (TPSA) is 28.0 Å². The Hall–Kier alpha value is -1.64. The fourth-order valence-electron chi connectivity index (χ4n) is 0.443. The average Bonchev–Trinajstić information content (AvgIpc) is 2.03. The normalized spacial score (nSPS) is 9.09. The quantitative estimate of drug-likeness (QED) is 0.432. The van der Waals surface area contributed by atoms with Crippen LogP contribution in [-0.4, -0.2) is 17.9 Å². The lowest BCUT2D eigenvalue weighted by molar-refractivity contribution is 0.502. The van der Waals surface area contributed by atoms with E-state index in [0.717, 1.165) is 0 Å². The van der Waals surface area contributed by atoms with E-state index in [2.05, 4.69) is 36.5 Å². The van der Waals surface area contributed by atoms with Crippen molar-refractivity contribution in [2.75, 3.05) is 0 Å². The molecular formula is C8H11N3. The van der Waals surface area contributed by atoms with Gasteiger partial charge < -0.3 is 0 Å². The van der Waals surface area contributed by atoms with Crippen LogP contribution in [0.1, 0.15) is 0 Å². The fraction of sp³-hybridized carbons (Fsp3) is 0. The summed E-state index contributed by atoms with van der Waals surface area (Å²) in [5, 5.41) is 4.94. The molecule has 0 aliphatic rings. The highest BCUT2D eigenvalue weighted by Gasteiger charge is 1.94. The van der Waals surface area contributed by atoms with Crippen LogP contribution in [-0.2, 0) is 0 Å². The van der Waals surface area contributed by atoms with Gasteiger partial charge in [-0.05, 0) is 0 Å². The number of hydrogen-bond donors (Lipinski definition) is 0. The lowest BCUT2D eigenvalue weighted by atomic mass is 10.6. The van der Waals surface area contributed by atoms with Crippen LogP contribution in [0.4, 0.5) is 0 Å². The first kappa shape index (κ1) is 9.36. The van der Waals surface area contributed by atoms with Gasteiger partial charge >= 0.3 is 0 Å². The molecular weight excluding hydrogens is 138 g/mol. The van der Waals surface area contributed by atoms with E-state index >= 15 is 0 Å². The van der Waals surface area contributed by atoms with E-state index in [1.54, 1.807) is 6.08 Å². The SMILES string of the molecule is C=CC=NC(=C)N(C=C)N=C. The molecule has 0 unspecified atom stereocenters. The van der Waals surface area contributed by atoms with Crippen LogP contribution >= 0.6 is 0 Å². The number of allylic oxidation sites excluding steroid dienone is 1. The average molecular weight is 149 g/mol. The van der Waals surface area contributed by atoms with Gasteiger partial charge in [0.05, 0.1) is 0 Å². The summed E-state index contributed by atoms with van der Waals surface area (Å²) in [6, 6.07) is 0. The molecule has 0 bridgehead atoms. The maximum absolute atomic E-state index is 3.87. The smallest absolute Gasteiger partial charge is 0.146 e. The van der Waals surface area contributed by atoms with Gasteiger partial charge in [-0.3, -0.25) is 0 Å². The van der Waals surface area contributed by atoms with E-state index in [0.29, 0.717) is 5.82 Å². The molecule has 0 aromatic rings. The number of hydrogen-bond acceptors (Lipinski definition) is 3. The molecule has 0 amide bonds. The minimum Gasteiger partial charge on any atom is -0.238 e. The Labute approximate surface area is 66.7 Å². The molecule has 0 fully saturated rings. The van der Waals surface area contributed by atoms with Crippen LogP contribution in [0.25, 0.3) is 0 Å². The van der Waals surface area contributed by atoms with E-state index in [-0.39, 0.29) is 0 Å². The maximum atomic E-state index is 3.87. The molecule has 0 aromatic heterocycles. The van der Waals surface area contributed by atoms with E-state index in [1.165, 1.54) is 17.4 Å². The highest BCUT2D eigenvalue weighted by atomic mass is 15.5. The van der Waals surface area contributed by atoms with Crippen LogP contribution in [0.2, 0.25) is 0 Å². The van der Waals surface area contributed by atoms with Gasteiger partial charge in [-0.2, -0.15) is 5.10 Å². The number of aliphatic imine (C=N–C) groups is 1. The number of nitrogens with zero attached hydrogens (tertiary/aromatic N) is 3. The van der Waals surface area contributed by atoms with Crippen molar-refractivity contribution < 1.29 is 0 Å². The van der Waals surface area contributed by atoms with E-state index in [1.807, 2.05) is 0 Å². The van der Waals surface area contributed by atoms with E-state index in [9.17, 15) is 0 Å². The molecule has 0 N–H and O–H groups in total. The molecule has 0 saturated heterocycles. The third-order valence-corrected chi connectivity index (χ3v) is 0.919. The molecule has 3 nitrogen and oxygen atoms in total. The Bertz CT molecular complexity index is 195. The van der Waals surface area contributed by atoms with Gasteiger partial charge in [0, 0.05) is 19.1 Å². The van der Waals surface area contributed by atoms with Gasteiger partial charge in [0.15, 0.2) is 0 Å². The number of hydrazone groups is 1. The monoisotopic (exact) mass is 149 g/mol. The summed E-state index contributed by atoms with van der Waals surface area (Å²) in [5.74, 6) is 0.454. The first-order chi connectivity index (χ1) is 5.26. The second-order valence-corrected chi connectivity index (χ2v) is 1.60. The minimum absolute atomic E-state index is 0.454. The molecule has 0 aliphatic heterocycles. The van der Waals surface area contributed by atoms with Gasteiger partial charge in [-0.1, -0.05) is 25.8 Å². The second kappa shape index (κ2) is 5.17. The molecule has 58 valence electrons. The van der Waals surface area contributed by atoms with Crippen molar-refractivity contribution in [3.8, 4) is 0 Å². The maximum Gasteiger partial charge on any atom is 0.146 e. The summed E-state index contributed by atoms with van der Waals surface area (Å²) in [6.07, 6.45) is 4.54. The molecule has 0 heterocycles. The van der Waals surface area contributed by atoms with Crippen molar-refractivity contribution in [2.45, 2.75) is 0 Å². The Morgan fingerprint density at radius 3 is 2.36 bits per heavy atom. The lowest BCUT2D eigenvalue weighted by Gasteiger charge is -2.10. The fourth-order valence-corrected chi connectivity index (χ4v) is 0.443. The van der Waals surface area contributed by atoms with E-state index < -0.39 is 0 Å². The Morgan fingerprint density at radius 2 is 2.00 bits per heavy atom. The van der Waals surface area contributed by atoms with Gasteiger partial charge in [-0.15, -0.1) is 0 Å². The highest BCUT2D eigenvalue weighted by Crippen LogP contribution is 2.01.